The molecule has 0 aliphatic rings. The van der Waals surface area contributed by atoms with Crippen LogP contribution in [0.5, 0.6) is 11.5 Å². The topological polar surface area (TPSA) is 38.8 Å². The third kappa shape index (κ3) is 3.63. The summed E-state index contributed by atoms with van der Waals surface area (Å²) in [4.78, 5) is 14.4. The maximum Gasteiger partial charge on any atom is 0.257 e. The van der Waals surface area contributed by atoms with Gasteiger partial charge in [-0.3, -0.25) is 4.79 Å². The van der Waals surface area contributed by atoms with E-state index in [1.54, 1.807) is 26.4 Å². The molecule has 1 aromatic rings. The summed E-state index contributed by atoms with van der Waals surface area (Å²) < 4.78 is 10.6. The van der Waals surface area contributed by atoms with Gasteiger partial charge in [0.05, 0.1) is 19.8 Å². The van der Waals surface area contributed by atoms with Gasteiger partial charge in [0.15, 0.2) is 11.5 Å². The van der Waals surface area contributed by atoms with E-state index in [0.29, 0.717) is 17.1 Å². The number of rotatable bonds is 7. The molecule has 4 nitrogen and oxygen atoms in total. The largest absolute Gasteiger partial charge is 0.493 e. The van der Waals surface area contributed by atoms with Crippen LogP contribution in [0.1, 0.15) is 37.0 Å². The first-order chi connectivity index (χ1) is 9.19. The van der Waals surface area contributed by atoms with Crippen LogP contribution in [0.25, 0.3) is 0 Å². The van der Waals surface area contributed by atoms with Gasteiger partial charge < -0.3 is 14.4 Å². The first kappa shape index (κ1) is 15.3. The Labute approximate surface area is 115 Å². The average molecular weight is 265 g/mol. The summed E-state index contributed by atoms with van der Waals surface area (Å²) >= 11 is 0. The molecule has 4 heteroatoms. The highest BCUT2D eigenvalue weighted by Gasteiger charge is 2.20. The monoisotopic (exact) mass is 265 g/mol. The molecule has 1 aromatic carbocycles. The van der Waals surface area contributed by atoms with Gasteiger partial charge in [-0.25, -0.2) is 0 Å². The molecule has 0 heterocycles. The number of amides is 1. The predicted octanol–water partition coefficient (Wildman–Crippen LogP) is 2.97. The highest BCUT2D eigenvalue weighted by molar-refractivity contribution is 5.97. The van der Waals surface area contributed by atoms with Crippen molar-refractivity contribution in [3.63, 3.8) is 0 Å². The second-order valence-electron chi connectivity index (χ2n) is 4.33. The fourth-order valence-corrected chi connectivity index (χ4v) is 2.08. The van der Waals surface area contributed by atoms with Gasteiger partial charge in [-0.2, -0.15) is 0 Å². The highest BCUT2D eigenvalue weighted by Crippen LogP contribution is 2.31. The van der Waals surface area contributed by atoms with Crippen LogP contribution in [0, 0.1) is 0 Å². The number of hydrogen-bond acceptors (Lipinski definition) is 3. The van der Waals surface area contributed by atoms with E-state index in [4.69, 9.17) is 9.47 Å². The van der Waals surface area contributed by atoms with Crippen molar-refractivity contribution in [2.24, 2.45) is 0 Å². The molecule has 0 unspecified atom stereocenters. The molecule has 0 N–H and O–H groups in total. The lowest BCUT2D eigenvalue weighted by atomic mass is 10.1. The third-order valence-corrected chi connectivity index (χ3v) is 2.91. The minimum Gasteiger partial charge on any atom is -0.493 e. The van der Waals surface area contributed by atoms with Gasteiger partial charge in [0, 0.05) is 13.1 Å². The molecule has 1 rings (SSSR count). The first-order valence-corrected chi connectivity index (χ1v) is 6.69. The standard InChI is InChI=1S/C15H23NO3/c1-5-10-16(11-6-2)15(17)12-8-7-9-13(18-3)14(12)19-4/h7-9H,5-6,10-11H2,1-4H3. The second kappa shape index (κ2) is 7.67. The SMILES string of the molecule is CCCN(CCC)C(=O)c1cccc(OC)c1OC. The quantitative estimate of drug-likeness (QED) is 0.761. The summed E-state index contributed by atoms with van der Waals surface area (Å²) in [5, 5.41) is 0. The van der Waals surface area contributed by atoms with Gasteiger partial charge in [-0.15, -0.1) is 0 Å². The van der Waals surface area contributed by atoms with E-state index >= 15 is 0 Å². The molecule has 0 aliphatic carbocycles. The zero-order chi connectivity index (χ0) is 14.3. The molecule has 0 radical (unpaired) electrons. The molecule has 1 amide bonds. The Balaban J connectivity index is 3.09. The number of benzene rings is 1. The van der Waals surface area contributed by atoms with E-state index in [1.165, 1.54) is 0 Å². The molecule has 19 heavy (non-hydrogen) atoms. The fraction of sp³-hybridized carbons (Fsp3) is 0.533. The molecule has 0 bridgehead atoms. The fourth-order valence-electron chi connectivity index (χ4n) is 2.08. The van der Waals surface area contributed by atoms with Gasteiger partial charge in [0.25, 0.3) is 5.91 Å². The number of carbonyl (C=O) groups is 1. The average Bonchev–Trinajstić information content (AvgIpc) is 2.45. The summed E-state index contributed by atoms with van der Waals surface area (Å²) in [5.41, 5.74) is 0.559. The molecule has 0 saturated heterocycles. The van der Waals surface area contributed by atoms with Crippen LogP contribution in [0.15, 0.2) is 18.2 Å². The number of nitrogens with zero attached hydrogens (tertiary/aromatic N) is 1. The smallest absolute Gasteiger partial charge is 0.257 e. The van der Waals surface area contributed by atoms with Gasteiger partial charge in [-0.1, -0.05) is 19.9 Å². The summed E-state index contributed by atoms with van der Waals surface area (Å²) in [6, 6.07) is 5.38. The predicted molar refractivity (Wildman–Crippen MR) is 76.0 cm³/mol. The molecule has 0 fully saturated rings. The maximum atomic E-state index is 12.6. The van der Waals surface area contributed by atoms with Crippen molar-refractivity contribution in [2.75, 3.05) is 27.3 Å². The molecular formula is C15H23NO3. The zero-order valence-electron chi connectivity index (χ0n) is 12.2. The molecule has 0 aromatic heterocycles. The molecule has 0 saturated carbocycles. The Bertz CT molecular complexity index is 412. The highest BCUT2D eigenvalue weighted by atomic mass is 16.5. The lowest BCUT2D eigenvalue weighted by molar-refractivity contribution is 0.0751. The summed E-state index contributed by atoms with van der Waals surface area (Å²) in [6.07, 6.45) is 1.88. The second-order valence-corrected chi connectivity index (χ2v) is 4.33. The van der Waals surface area contributed by atoms with E-state index in [0.717, 1.165) is 25.9 Å². The Morgan fingerprint density at radius 1 is 1.11 bits per heavy atom. The van der Waals surface area contributed by atoms with E-state index in [1.807, 2.05) is 11.0 Å². The minimum absolute atomic E-state index is 0.000509. The molecule has 0 atom stereocenters. The minimum atomic E-state index is -0.000509. The Morgan fingerprint density at radius 3 is 2.21 bits per heavy atom. The van der Waals surface area contributed by atoms with Crippen molar-refractivity contribution < 1.29 is 14.3 Å². The van der Waals surface area contributed by atoms with Crippen molar-refractivity contribution in [2.45, 2.75) is 26.7 Å². The molecule has 106 valence electrons. The van der Waals surface area contributed by atoms with Crippen LogP contribution in [0.3, 0.4) is 0 Å². The summed E-state index contributed by atoms with van der Waals surface area (Å²) in [5.74, 6) is 1.09. The molecular weight excluding hydrogens is 242 g/mol. The maximum absolute atomic E-state index is 12.6. The van der Waals surface area contributed by atoms with E-state index in [9.17, 15) is 4.79 Å². The Kier molecular flexibility index (Phi) is 6.19. The van der Waals surface area contributed by atoms with Crippen molar-refractivity contribution in [3.05, 3.63) is 23.8 Å². The lowest BCUT2D eigenvalue weighted by Crippen LogP contribution is -2.32. The van der Waals surface area contributed by atoms with Crippen LogP contribution in [-0.2, 0) is 0 Å². The zero-order valence-corrected chi connectivity index (χ0v) is 12.2. The Hall–Kier alpha value is -1.71. The number of carbonyl (C=O) groups excluding carboxylic acids is 1. The van der Waals surface area contributed by atoms with Crippen LogP contribution < -0.4 is 9.47 Å². The number of ether oxygens (including phenoxy) is 2. The normalized spacial score (nSPS) is 10.1. The van der Waals surface area contributed by atoms with Crippen molar-refractivity contribution >= 4 is 5.91 Å². The lowest BCUT2D eigenvalue weighted by Gasteiger charge is -2.23. The van der Waals surface area contributed by atoms with E-state index < -0.39 is 0 Å². The van der Waals surface area contributed by atoms with Gasteiger partial charge in [0.1, 0.15) is 0 Å². The number of methoxy groups -OCH3 is 2. The van der Waals surface area contributed by atoms with Gasteiger partial charge >= 0.3 is 0 Å². The number of hydrogen-bond donors (Lipinski definition) is 0. The van der Waals surface area contributed by atoms with Crippen LogP contribution >= 0.6 is 0 Å². The summed E-state index contributed by atoms with van der Waals surface area (Å²) in [7, 11) is 3.13. The first-order valence-electron chi connectivity index (χ1n) is 6.69. The van der Waals surface area contributed by atoms with Gasteiger partial charge in [-0.05, 0) is 25.0 Å². The summed E-state index contributed by atoms with van der Waals surface area (Å²) in [6.45, 7) is 5.65. The number of para-hydroxylation sites is 1. The molecule has 0 spiro atoms. The van der Waals surface area contributed by atoms with Crippen molar-refractivity contribution in [1.82, 2.24) is 4.90 Å². The Morgan fingerprint density at radius 2 is 1.74 bits per heavy atom. The van der Waals surface area contributed by atoms with Crippen LogP contribution in [-0.4, -0.2) is 38.1 Å². The van der Waals surface area contributed by atoms with Crippen LogP contribution in [0.4, 0.5) is 0 Å². The van der Waals surface area contributed by atoms with Crippen molar-refractivity contribution in [3.8, 4) is 11.5 Å². The van der Waals surface area contributed by atoms with Crippen LogP contribution in [0.2, 0.25) is 0 Å². The van der Waals surface area contributed by atoms with E-state index in [2.05, 4.69) is 13.8 Å². The van der Waals surface area contributed by atoms with Gasteiger partial charge in [0.2, 0.25) is 0 Å². The third-order valence-electron chi connectivity index (χ3n) is 2.91. The molecule has 0 aliphatic heterocycles. The van der Waals surface area contributed by atoms with Crippen molar-refractivity contribution in [1.29, 1.82) is 0 Å². The van der Waals surface area contributed by atoms with E-state index in [-0.39, 0.29) is 5.91 Å².